The molecule has 0 amide bonds. The molecule has 7 heavy (non-hydrogen) atoms. The second-order valence-corrected chi connectivity index (χ2v) is 0.612. The van der Waals surface area contributed by atoms with E-state index in [1.54, 1.807) is 0 Å². The van der Waals surface area contributed by atoms with E-state index in [0.29, 0.717) is 0 Å². The Bertz CT molecular complexity index is 39.4. The van der Waals surface area contributed by atoms with Crippen LogP contribution in [-0.4, -0.2) is 0 Å². The molecule has 0 atom stereocenters. The zero-order valence-corrected chi connectivity index (χ0v) is 6.86. The van der Waals surface area contributed by atoms with E-state index in [2.05, 4.69) is 6.92 Å². The largest absolute Gasteiger partial charge is 1.00 e. The van der Waals surface area contributed by atoms with Crippen LogP contribution in [0, 0.1) is 18.0 Å². The summed E-state index contributed by atoms with van der Waals surface area (Å²) in [6, 6.07) is 0. The Morgan fingerprint density at radius 3 is 1.57 bits per heavy atom. The molecule has 0 radical (unpaired) electrons. The fourth-order valence-electron chi connectivity index (χ4n) is 0. The molecule has 0 aliphatic heterocycles. The van der Waals surface area contributed by atoms with Crippen LogP contribution in [0.25, 0.3) is 0 Å². The first-order chi connectivity index (χ1) is 2.83. The smallest absolute Gasteiger partial charge is 0.344 e. The van der Waals surface area contributed by atoms with Gasteiger partial charge in [0.2, 0.25) is 4.91 Å². The Hall–Kier alpha value is 0.310. The van der Waals surface area contributed by atoms with E-state index < -0.39 is 0 Å². The van der Waals surface area contributed by atoms with E-state index in [1.165, 1.54) is 0 Å². The monoisotopic (exact) mass is 110 g/mol. The van der Waals surface area contributed by atoms with Gasteiger partial charge >= 0.3 is 29.6 Å². The van der Waals surface area contributed by atoms with Crippen LogP contribution in [0.2, 0.25) is 0 Å². The average molecular weight is 110 g/mol. The van der Waals surface area contributed by atoms with Crippen LogP contribution in [-0.2, 0) is 0 Å². The molecule has 0 saturated heterocycles. The maximum atomic E-state index is 5.50. The number of nitrogens with zero attached hydrogens (tertiary/aromatic N) is 1. The molecule has 36 valence electrons. The first-order valence-electron chi connectivity index (χ1n) is 1.65. The predicted molar refractivity (Wildman–Crippen MR) is 23.2 cm³/mol. The minimum atomic E-state index is 0. The van der Waals surface area contributed by atoms with Gasteiger partial charge in [-0.25, -0.2) is 0 Å². The van der Waals surface area contributed by atoms with Crippen molar-refractivity contribution < 1.29 is 29.6 Å². The first-order valence-corrected chi connectivity index (χ1v) is 1.65. The summed E-state index contributed by atoms with van der Waals surface area (Å²) in [5.41, 5.74) is 11.0. The van der Waals surface area contributed by atoms with Crippen molar-refractivity contribution in [3.05, 3.63) is 6.92 Å². The van der Waals surface area contributed by atoms with Gasteiger partial charge in [0.05, 0.1) is 0 Å². The minimum absolute atomic E-state index is 0. The molecule has 0 aliphatic rings. The Labute approximate surface area is 65.8 Å². The summed E-state index contributed by atoms with van der Waals surface area (Å²) in [7, 11) is 0. The maximum absolute atomic E-state index is 5.50. The molecular formula is C3H9N3Na+. The summed E-state index contributed by atoms with van der Waals surface area (Å²) in [6.45, 7) is 5.50. The molecule has 0 unspecified atom stereocenters. The summed E-state index contributed by atoms with van der Waals surface area (Å²) in [5, 5.41) is 0. The normalized spacial score (nSPS) is 3.71. The molecule has 3 nitrogen and oxygen atoms in total. The van der Waals surface area contributed by atoms with Crippen molar-refractivity contribution >= 4 is 0 Å². The molecule has 0 saturated carbocycles. The van der Waals surface area contributed by atoms with Crippen LogP contribution in [0.3, 0.4) is 0 Å². The van der Waals surface area contributed by atoms with Crippen molar-refractivity contribution in [2.75, 3.05) is 0 Å². The Morgan fingerprint density at radius 2 is 1.57 bits per heavy atom. The van der Waals surface area contributed by atoms with Gasteiger partial charge < -0.3 is 6.92 Å². The van der Waals surface area contributed by atoms with Gasteiger partial charge in [0.25, 0.3) is 0 Å². The Kier molecular flexibility index (Phi) is 74.6. The fraction of sp³-hybridized carbons (Fsp3) is 0.667. The van der Waals surface area contributed by atoms with E-state index in [1.807, 2.05) is 11.8 Å². The molecule has 0 aromatic heterocycles. The van der Waals surface area contributed by atoms with Crippen LogP contribution in [0.15, 0.2) is 0 Å². The van der Waals surface area contributed by atoms with Crippen LogP contribution >= 0.6 is 0 Å². The van der Waals surface area contributed by atoms with Crippen LogP contribution in [0.1, 0.15) is 13.3 Å². The van der Waals surface area contributed by atoms with Gasteiger partial charge in [-0.05, 0) is 0 Å². The second-order valence-electron chi connectivity index (χ2n) is 0.612. The Balaban J connectivity index is -0.0000000400. The number of hydrogen-bond acceptors (Lipinski definition) is 2. The zero-order valence-electron chi connectivity index (χ0n) is 4.86. The molecule has 4 heteroatoms. The first kappa shape index (κ1) is 15.7. The average Bonchev–Trinajstić information content (AvgIpc) is 1.39. The summed E-state index contributed by atoms with van der Waals surface area (Å²) >= 11 is 0. The van der Waals surface area contributed by atoms with E-state index >= 15 is 0 Å². The van der Waals surface area contributed by atoms with Gasteiger partial charge in [-0.1, -0.05) is 6.92 Å². The quantitative estimate of drug-likeness (QED) is 0.162. The number of hydrogen-bond donors (Lipinski definition) is 2. The summed E-state index contributed by atoms with van der Waals surface area (Å²) in [4.78, 5) is 2.00. The predicted octanol–water partition coefficient (Wildman–Crippen LogP) is -1.65. The van der Waals surface area contributed by atoms with Crippen molar-refractivity contribution in [1.82, 2.24) is 4.91 Å². The maximum Gasteiger partial charge on any atom is 1.00 e. The molecular weight excluding hydrogens is 101 g/mol. The van der Waals surface area contributed by atoms with Gasteiger partial charge in [-0.3, -0.25) is 0 Å². The van der Waals surface area contributed by atoms with Gasteiger partial charge in [0.1, 0.15) is 11.1 Å². The zero-order chi connectivity index (χ0) is 5.41. The molecule has 0 bridgehead atoms. The van der Waals surface area contributed by atoms with Crippen molar-refractivity contribution in [2.24, 2.45) is 0 Å². The van der Waals surface area contributed by atoms with E-state index in [-0.39, 0.29) is 29.6 Å². The van der Waals surface area contributed by atoms with E-state index in [0.717, 1.165) is 6.42 Å². The van der Waals surface area contributed by atoms with Crippen molar-refractivity contribution in [2.45, 2.75) is 13.3 Å². The molecule has 0 fully saturated rings. The third-order valence-corrected chi connectivity index (χ3v) is 0. The summed E-state index contributed by atoms with van der Waals surface area (Å²) in [5.74, 6) is 0. The third-order valence-electron chi connectivity index (χ3n) is 0. The van der Waals surface area contributed by atoms with Crippen LogP contribution < -0.4 is 34.5 Å². The van der Waals surface area contributed by atoms with Gasteiger partial charge in [0, 0.05) is 0 Å². The van der Waals surface area contributed by atoms with E-state index in [9.17, 15) is 0 Å². The Morgan fingerprint density at radius 1 is 1.57 bits per heavy atom. The van der Waals surface area contributed by atoms with Crippen LogP contribution in [0.5, 0.6) is 0 Å². The molecule has 0 aliphatic carbocycles. The van der Waals surface area contributed by atoms with Gasteiger partial charge in [-0.2, -0.15) is 6.42 Å². The third kappa shape index (κ3) is 1220. The molecule has 0 aromatic carbocycles. The SMILES string of the molecule is N=[N+]=N.[CH2-]CC.[Na+]. The second kappa shape index (κ2) is 33.3. The van der Waals surface area contributed by atoms with Crippen molar-refractivity contribution in [3.8, 4) is 0 Å². The topological polar surface area (TPSA) is 61.8 Å². The van der Waals surface area contributed by atoms with Gasteiger partial charge in [0.15, 0.2) is 0 Å². The minimum Gasteiger partial charge on any atom is -0.344 e. The van der Waals surface area contributed by atoms with Crippen molar-refractivity contribution in [1.29, 1.82) is 11.1 Å². The number of nitrogens with one attached hydrogen (secondary N) is 2. The van der Waals surface area contributed by atoms with Crippen molar-refractivity contribution in [3.63, 3.8) is 0 Å². The van der Waals surface area contributed by atoms with Crippen LogP contribution in [0.4, 0.5) is 0 Å². The molecule has 0 aromatic rings. The number of rotatable bonds is 0. The standard InChI is InChI=1S/C3H7.H2N3.Na/c2*1-3-2;/h1,3H2,2H3;1-2H;/q-1;2*+1. The van der Waals surface area contributed by atoms with Gasteiger partial charge in [-0.15, -0.1) is 0 Å². The molecule has 0 heterocycles. The summed E-state index contributed by atoms with van der Waals surface area (Å²) in [6.07, 6.45) is 1.00. The molecule has 0 rings (SSSR count). The fourth-order valence-corrected chi connectivity index (χ4v) is 0. The molecule has 2 N–H and O–H groups in total. The molecule has 0 spiro atoms. The van der Waals surface area contributed by atoms with E-state index in [4.69, 9.17) is 11.1 Å². The summed E-state index contributed by atoms with van der Waals surface area (Å²) < 4.78 is 0.